The van der Waals surface area contributed by atoms with Crippen LogP contribution in [0.5, 0.6) is 0 Å². The van der Waals surface area contributed by atoms with E-state index in [2.05, 4.69) is 15.3 Å². The van der Waals surface area contributed by atoms with Gasteiger partial charge in [0.2, 0.25) is 0 Å². The Hall–Kier alpha value is -3.21. The molecular weight excluding hydrogens is 314 g/mol. The van der Waals surface area contributed by atoms with Crippen LogP contribution in [0, 0.1) is 6.92 Å². The molecule has 126 valence electrons. The molecule has 5 nitrogen and oxygen atoms in total. The molecule has 0 saturated carbocycles. The van der Waals surface area contributed by atoms with Gasteiger partial charge in [-0.25, -0.2) is 0 Å². The number of nitrogens with zero attached hydrogens (tertiary/aromatic N) is 1. The smallest absolute Gasteiger partial charge is 0.261 e. The fraction of sp³-hybridized carbons (Fsp3) is 0.150. The number of aromatic amines is 1. The number of amides is 1. The van der Waals surface area contributed by atoms with Crippen molar-refractivity contribution in [2.45, 2.75) is 13.3 Å². The van der Waals surface area contributed by atoms with Gasteiger partial charge in [-0.05, 0) is 48.7 Å². The van der Waals surface area contributed by atoms with Crippen LogP contribution >= 0.6 is 0 Å². The average Bonchev–Trinajstić information content (AvgIpc) is 2.62. The van der Waals surface area contributed by atoms with Crippen molar-refractivity contribution in [2.24, 2.45) is 0 Å². The number of rotatable bonds is 5. The maximum Gasteiger partial charge on any atom is 0.261 e. The first-order valence-corrected chi connectivity index (χ1v) is 8.11. The van der Waals surface area contributed by atoms with E-state index < -0.39 is 5.56 Å². The molecule has 0 aliphatic carbocycles. The van der Waals surface area contributed by atoms with Crippen molar-refractivity contribution >= 4 is 5.91 Å². The van der Waals surface area contributed by atoms with Gasteiger partial charge in [-0.2, -0.15) is 0 Å². The highest BCUT2D eigenvalue weighted by molar-refractivity contribution is 5.94. The number of aryl methyl sites for hydroxylation is 1. The van der Waals surface area contributed by atoms with Crippen LogP contribution in [0.2, 0.25) is 0 Å². The number of carbonyl (C=O) groups excluding carboxylic acids is 1. The molecular formula is C20H19N3O2. The normalized spacial score (nSPS) is 10.4. The average molecular weight is 333 g/mol. The first kappa shape index (κ1) is 16.6. The minimum Gasteiger partial charge on any atom is -0.352 e. The van der Waals surface area contributed by atoms with Crippen LogP contribution in [0.4, 0.5) is 0 Å². The Bertz CT molecular complexity index is 933. The van der Waals surface area contributed by atoms with E-state index in [0.29, 0.717) is 18.7 Å². The number of hydrogen-bond donors (Lipinski definition) is 2. The molecule has 0 unspecified atom stereocenters. The molecule has 5 heteroatoms. The zero-order chi connectivity index (χ0) is 17.6. The van der Waals surface area contributed by atoms with Crippen LogP contribution in [0.1, 0.15) is 21.5 Å². The molecule has 0 fully saturated rings. The third-order valence-electron chi connectivity index (χ3n) is 3.91. The minimum atomic E-state index is -0.391. The Morgan fingerprint density at radius 2 is 2.04 bits per heavy atom. The second-order valence-corrected chi connectivity index (χ2v) is 5.85. The molecule has 0 aliphatic rings. The van der Waals surface area contributed by atoms with Crippen molar-refractivity contribution in [2.75, 3.05) is 6.54 Å². The van der Waals surface area contributed by atoms with E-state index in [0.717, 1.165) is 16.7 Å². The summed E-state index contributed by atoms with van der Waals surface area (Å²) in [5, 5.41) is 2.77. The summed E-state index contributed by atoms with van der Waals surface area (Å²) in [6, 6.07) is 15.0. The standard InChI is InChI=1S/C20H19N3O2/c1-14-4-2-6-16(12-14)18-8-7-17(20(25)23-18)19(24)22-11-9-15-5-3-10-21-13-15/h2-8,10,12-13H,9,11H2,1H3,(H,22,24)(H,23,25). The largest absolute Gasteiger partial charge is 0.352 e. The maximum atomic E-state index is 12.2. The fourth-order valence-corrected chi connectivity index (χ4v) is 2.60. The van der Waals surface area contributed by atoms with E-state index >= 15 is 0 Å². The van der Waals surface area contributed by atoms with Crippen molar-refractivity contribution in [1.29, 1.82) is 0 Å². The van der Waals surface area contributed by atoms with Gasteiger partial charge < -0.3 is 10.3 Å². The van der Waals surface area contributed by atoms with E-state index in [1.807, 2.05) is 43.3 Å². The third-order valence-corrected chi connectivity index (χ3v) is 3.91. The number of carbonyl (C=O) groups is 1. The molecule has 0 bridgehead atoms. The van der Waals surface area contributed by atoms with E-state index in [-0.39, 0.29) is 11.5 Å². The van der Waals surface area contributed by atoms with Crippen molar-refractivity contribution in [3.05, 3.63) is 88.0 Å². The molecule has 3 rings (SSSR count). The maximum absolute atomic E-state index is 12.2. The van der Waals surface area contributed by atoms with E-state index in [4.69, 9.17) is 0 Å². The molecule has 25 heavy (non-hydrogen) atoms. The molecule has 0 aliphatic heterocycles. The van der Waals surface area contributed by atoms with Crippen molar-refractivity contribution < 1.29 is 4.79 Å². The summed E-state index contributed by atoms with van der Waals surface area (Å²) < 4.78 is 0. The molecule has 1 aromatic carbocycles. The highest BCUT2D eigenvalue weighted by atomic mass is 16.2. The predicted molar refractivity (Wildman–Crippen MR) is 97.5 cm³/mol. The Labute approximate surface area is 145 Å². The number of hydrogen-bond acceptors (Lipinski definition) is 3. The monoisotopic (exact) mass is 333 g/mol. The molecule has 3 aromatic rings. The zero-order valence-corrected chi connectivity index (χ0v) is 14.0. The molecule has 2 heterocycles. The summed E-state index contributed by atoms with van der Waals surface area (Å²) in [4.78, 5) is 31.3. The van der Waals surface area contributed by atoms with E-state index in [9.17, 15) is 9.59 Å². The summed E-state index contributed by atoms with van der Waals surface area (Å²) >= 11 is 0. The SMILES string of the molecule is Cc1cccc(-c2ccc(C(=O)NCCc3cccnc3)c(=O)[nH]2)c1. The minimum absolute atomic E-state index is 0.114. The van der Waals surface area contributed by atoms with Crippen LogP contribution in [-0.4, -0.2) is 22.4 Å². The topological polar surface area (TPSA) is 74.8 Å². The number of aromatic nitrogens is 2. The molecule has 0 radical (unpaired) electrons. The van der Waals surface area contributed by atoms with Crippen LogP contribution < -0.4 is 10.9 Å². The number of H-pyrrole nitrogens is 1. The van der Waals surface area contributed by atoms with Crippen molar-refractivity contribution in [3.63, 3.8) is 0 Å². The highest BCUT2D eigenvalue weighted by Gasteiger charge is 2.11. The lowest BCUT2D eigenvalue weighted by atomic mass is 10.1. The summed E-state index contributed by atoms with van der Waals surface area (Å²) in [5.41, 5.74) is 3.48. The van der Waals surface area contributed by atoms with Gasteiger partial charge in [-0.15, -0.1) is 0 Å². The van der Waals surface area contributed by atoms with Crippen molar-refractivity contribution in [3.8, 4) is 11.3 Å². The fourth-order valence-electron chi connectivity index (χ4n) is 2.60. The van der Waals surface area contributed by atoms with Gasteiger partial charge in [0.1, 0.15) is 5.56 Å². The van der Waals surface area contributed by atoms with Crippen molar-refractivity contribution in [1.82, 2.24) is 15.3 Å². The number of pyridine rings is 2. The Kier molecular flexibility index (Phi) is 5.04. The lowest BCUT2D eigenvalue weighted by Crippen LogP contribution is -2.31. The summed E-state index contributed by atoms with van der Waals surface area (Å²) in [5.74, 6) is -0.374. The quantitative estimate of drug-likeness (QED) is 0.754. The Balaban J connectivity index is 1.68. The molecule has 0 spiro atoms. The highest BCUT2D eigenvalue weighted by Crippen LogP contribution is 2.16. The number of nitrogens with one attached hydrogen (secondary N) is 2. The lowest BCUT2D eigenvalue weighted by Gasteiger charge is -2.07. The van der Waals surface area contributed by atoms with Gasteiger partial charge in [0.05, 0.1) is 0 Å². The molecule has 2 aromatic heterocycles. The third kappa shape index (κ3) is 4.20. The van der Waals surface area contributed by atoms with Crippen LogP contribution in [0.25, 0.3) is 11.3 Å². The molecule has 2 N–H and O–H groups in total. The predicted octanol–water partition coefficient (Wildman–Crippen LogP) is 2.72. The van der Waals surface area contributed by atoms with Gasteiger partial charge in [-0.3, -0.25) is 14.6 Å². The summed E-state index contributed by atoms with van der Waals surface area (Å²) in [6.45, 7) is 2.44. The second kappa shape index (κ2) is 7.57. The van der Waals surface area contributed by atoms with Gasteiger partial charge in [0.25, 0.3) is 11.5 Å². The van der Waals surface area contributed by atoms with Gasteiger partial charge in [0.15, 0.2) is 0 Å². The molecule has 1 amide bonds. The van der Waals surface area contributed by atoms with Gasteiger partial charge in [0, 0.05) is 24.6 Å². The summed E-state index contributed by atoms with van der Waals surface area (Å²) in [6.07, 6.45) is 4.13. The second-order valence-electron chi connectivity index (χ2n) is 5.85. The lowest BCUT2D eigenvalue weighted by molar-refractivity contribution is 0.0952. The van der Waals surface area contributed by atoms with Gasteiger partial charge >= 0.3 is 0 Å². The van der Waals surface area contributed by atoms with Gasteiger partial charge in [-0.1, -0.05) is 29.8 Å². The number of benzene rings is 1. The van der Waals surface area contributed by atoms with E-state index in [1.165, 1.54) is 0 Å². The van der Waals surface area contributed by atoms with Crippen LogP contribution in [-0.2, 0) is 6.42 Å². The molecule has 0 atom stereocenters. The van der Waals surface area contributed by atoms with Crippen LogP contribution in [0.15, 0.2) is 65.7 Å². The first-order chi connectivity index (χ1) is 12.1. The Morgan fingerprint density at radius 1 is 1.16 bits per heavy atom. The zero-order valence-electron chi connectivity index (χ0n) is 14.0. The first-order valence-electron chi connectivity index (χ1n) is 8.11. The van der Waals surface area contributed by atoms with E-state index in [1.54, 1.807) is 24.5 Å². The Morgan fingerprint density at radius 3 is 2.76 bits per heavy atom. The molecule has 0 saturated heterocycles. The van der Waals surface area contributed by atoms with Crippen LogP contribution in [0.3, 0.4) is 0 Å². The summed E-state index contributed by atoms with van der Waals surface area (Å²) in [7, 11) is 0.